The molecule has 2 aliphatic carbocycles. The van der Waals surface area contributed by atoms with Gasteiger partial charge in [0.1, 0.15) is 0 Å². The molecule has 0 atom stereocenters. The molecule has 1 fully saturated rings. The number of amides is 1. The molecule has 0 aliphatic heterocycles. The zero-order valence-corrected chi connectivity index (χ0v) is 14.0. The van der Waals surface area contributed by atoms with E-state index in [2.05, 4.69) is 5.32 Å². The lowest BCUT2D eigenvalue weighted by molar-refractivity contribution is 0.0928. The summed E-state index contributed by atoms with van der Waals surface area (Å²) in [7, 11) is 0. The number of carbonyl (C=O) groups is 1. The van der Waals surface area contributed by atoms with Crippen molar-refractivity contribution in [1.82, 2.24) is 10.3 Å². The minimum absolute atomic E-state index is 0.0113. The van der Waals surface area contributed by atoms with Gasteiger partial charge in [-0.25, -0.2) is 0 Å². The number of hydrogen-bond donors (Lipinski definition) is 1. The Bertz CT molecular complexity index is 766. The minimum atomic E-state index is 0.0113. The van der Waals surface area contributed by atoms with Crippen LogP contribution in [0.4, 0.5) is 0 Å². The molecule has 0 spiro atoms. The van der Waals surface area contributed by atoms with Crippen molar-refractivity contribution < 1.29 is 4.79 Å². The van der Waals surface area contributed by atoms with Crippen LogP contribution in [0.1, 0.15) is 60.1 Å². The first-order chi connectivity index (χ1) is 11.2. The summed E-state index contributed by atoms with van der Waals surface area (Å²) in [5.74, 6) is 0.0113. The van der Waals surface area contributed by atoms with Crippen LogP contribution in [-0.2, 0) is 12.8 Å². The summed E-state index contributed by atoms with van der Waals surface area (Å²) in [4.78, 5) is 17.2. The van der Waals surface area contributed by atoms with E-state index in [1.807, 2.05) is 18.2 Å². The summed E-state index contributed by atoms with van der Waals surface area (Å²) in [5.41, 5.74) is 3.82. The minimum Gasteiger partial charge on any atom is -0.349 e. The maximum absolute atomic E-state index is 12.5. The average molecular weight is 329 g/mol. The van der Waals surface area contributed by atoms with Crippen LogP contribution in [0.5, 0.6) is 0 Å². The predicted octanol–water partition coefficient (Wildman–Crippen LogP) is 4.44. The molecule has 1 N–H and O–H groups in total. The first-order valence-electron chi connectivity index (χ1n) is 8.64. The van der Waals surface area contributed by atoms with Crippen LogP contribution >= 0.6 is 11.6 Å². The quantitative estimate of drug-likeness (QED) is 0.885. The van der Waals surface area contributed by atoms with Gasteiger partial charge in [-0.15, -0.1) is 0 Å². The second-order valence-corrected chi connectivity index (χ2v) is 7.12. The van der Waals surface area contributed by atoms with Crippen molar-refractivity contribution in [3.05, 3.63) is 40.0 Å². The lowest BCUT2D eigenvalue weighted by Gasteiger charge is -2.22. The van der Waals surface area contributed by atoms with E-state index in [-0.39, 0.29) is 5.91 Å². The summed E-state index contributed by atoms with van der Waals surface area (Å²) in [5, 5.41) is 4.95. The molecule has 0 radical (unpaired) electrons. The highest BCUT2D eigenvalue weighted by Crippen LogP contribution is 2.33. The zero-order valence-electron chi connectivity index (χ0n) is 13.2. The summed E-state index contributed by atoms with van der Waals surface area (Å²) < 4.78 is 0. The molecule has 1 aromatic carbocycles. The number of rotatable bonds is 2. The third kappa shape index (κ3) is 2.83. The third-order valence-corrected chi connectivity index (χ3v) is 5.58. The van der Waals surface area contributed by atoms with E-state index in [0.717, 1.165) is 53.7 Å². The number of aromatic nitrogens is 1. The molecule has 1 aromatic heterocycles. The van der Waals surface area contributed by atoms with Crippen molar-refractivity contribution in [3.63, 3.8) is 0 Å². The lowest BCUT2D eigenvalue weighted by atomic mass is 9.95. The number of benzene rings is 1. The van der Waals surface area contributed by atoms with Gasteiger partial charge in [0.05, 0.1) is 10.5 Å². The lowest BCUT2D eigenvalue weighted by Crippen LogP contribution is -2.36. The van der Waals surface area contributed by atoms with E-state index in [4.69, 9.17) is 16.6 Å². The van der Waals surface area contributed by atoms with Gasteiger partial charge in [0.25, 0.3) is 5.91 Å². The van der Waals surface area contributed by atoms with Gasteiger partial charge in [0.15, 0.2) is 0 Å². The van der Waals surface area contributed by atoms with Crippen molar-refractivity contribution in [3.8, 4) is 0 Å². The fourth-order valence-electron chi connectivity index (χ4n) is 3.86. The summed E-state index contributed by atoms with van der Waals surface area (Å²) in [6, 6.07) is 6.02. The fraction of sp³-hybridized carbons (Fsp3) is 0.474. The summed E-state index contributed by atoms with van der Waals surface area (Å²) >= 11 is 6.53. The normalized spacial score (nSPS) is 18.1. The van der Waals surface area contributed by atoms with E-state index in [9.17, 15) is 4.79 Å². The van der Waals surface area contributed by atoms with Crippen molar-refractivity contribution >= 4 is 28.4 Å². The Morgan fingerprint density at radius 3 is 2.78 bits per heavy atom. The third-order valence-electron chi connectivity index (χ3n) is 5.15. The fourth-order valence-corrected chi connectivity index (χ4v) is 4.23. The van der Waals surface area contributed by atoms with Gasteiger partial charge in [-0.1, -0.05) is 36.9 Å². The Balaban J connectivity index is 1.63. The highest BCUT2D eigenvalue weighted by Gasteiger charge is 2.20. The highest BCUT2D eigenvalue weighted by atomic mass is 35.5. The van der Waals surface area contributed by atoms with E-state index in [1.54, 1.807) is 0 Å². The molecule has 2 aromatic rings. The Morgan fingerprint density at radius 2 is 1.96 bits per heavy atom. The Hall–Kier alpha value is -1.61. The van der Waals surface area contributed by atoms with Gasteiger partial charge in [-0.2, -0.15) is 0 Å². The molecule has 120 valence electrons. The monoisotopic (exact) mass is 328 g/mol. The van der Waals surface area contributed by atoms with E-state index >= 15 is 0 Å². The summed E-state index contributed by atoms with van der Waals surface area (Å²) in [6.07, 6.45) is 9.03. The molecule has 1 heterocycles. The van der Waals surface area contributed by atoms with Gasteiger partial charge >= 0.3 is 0 Å². The molecule has 23 heavy (non-hydrogen) atoms. The van der Waals surface area contributed by atoms with Crippen molar-refractivity contribution in [2.24, 2.45) is 0 Å². The van der Waals surface area contributed by atoms with Crippen molar-refractivity contribution in [1.29, 1.82) is 0 Å². The van der Waals surface area contributed by atoms with E-state index in [1.165, 1.54) is 24.8 Å². The molecule has 2 aliphatic rings. The largest absolute Gasteiger partial charge is 0.349 e. The number of carbonyl (C=O) groups excluding carboxylic acids is 1. The molecule has 0 unspecified atom stereocenters. The van der Waals surface area contributed by atoms with Crippen LogP contribution in [0.25, 0.3) is 10.9 Å². The molecular formula is C19H21ClN2O. The number of halogens is 1. The van der Waals surface area contributed by atoms with Crippen LogP contribution < -0.4 is 5.32 Å². The predicted molar refractivity (Wildman–Crippen MR) is 93.1 cm³/mol. The van der Waals surface area contributed by atoms with E-state index < -0.39 is 0 Å². The standard InChI is InChI=1S/C19H21ClN2O/c20-18-14-7-4-8-16(14)22-17-11-12(9-10-15(17)18)19(23)21-13-5-2-1-3-6-13/h9-11,13H,1-8H2,(H,21,23). The maximum Gasteiger partial charge on any atom is 0.251 e. The first-order valence-corrected chi connectivity index (χ1v) is 9.02. The number of nitrogens with zero attached hydrogens (tertiary/aromatic N) is 1. The Kier molecular flexibility index (Phi) is 3.98. The number of hydrogen-bond acceptors (Lipinski definition) is 2. The Morgan fingerprint density at radius 1 is 1.13 bits per heavy atom. The summed E-state index contributed by atoms with van der Waals surface area (Å²) in [6.45, 7) is 0. The van der Waals surface area contributed by atoms with Gasteiger partial charge in [0, 0.05) is 22.7 Å². The highest BCUT2D eigenvalue weighted by molar-refractivity contribution is 6.36. The molecule has 4 rings (SSSR count). The van der Waals surface area contributed by atoms with Gasteiger partial charge < -0.3 is 5.32 Å². The SMILES string of the molecule is O=C(NC1CCCCC1)c1ccc2c(Cl)c3c(nc2c1)CCC3. The number of aryl methyl sites for hydroxylation is 1. The van der Waals surface area contributed by atoms with Gasteiger partial charge in [0.2, 0.25) is 0 Å². The van der Waals surface area contributed by atoms with Crippen LogP contribution in [0.2, 0.25) is 5.02 Å². The van der Waals surface area contributed by atoms with Crippen LogP contribution in [0.15, 0.2) is 18.2 Å². The topological polar surface area (TPSA) is 42.0 Å². The van der Waals surface area contributed by atoms with Crippen LogP contribution in [-0.4, -0.2) is 16.9 Å². The van der Waals surface area contributed by atoms with Crippen molar-refractivity contribution in [2.75, 3.05) is 0 Å². The maximum atomic E-state index is 12.5. The van der Waals surface area contributed by atoms with Crippen LogP contribution in [0, 0.1) is 0 Å². The zero-order chi connectivity index (χ0) is 15.8. The molecule has 0 bridgehead atoms. The first kappa shape index (κ1) is 14.9. The number of pyridine rings is 1. The average Bonchev–Trinajstić information content (AvgIpc) is 3.04. The molecule has 1 amide bonds. The number of nitrogens with one attached hydrogen (secondary N) is 1. The molecule has 3 nitrogen and oxygen atoms in total. The molecule has 1 saturated carbocycles. The second-order valence-electron chi connectivity index (χ2n) is 6.74. The Labute approximate surface area is 141 Å². The van der Waals surface area contributed by atoms with E-state index in [0.29, 0.717) is 11.6 Å². The molecule has 0 saturated heterocycles. The van der Waals surface area contributed by atoms with Gasteiger partial charge in [-0.3, -0.25) is 9.78 Å². The number of fused-ring (bicyclic) bond motifs is 2. The van der Waals surface area contributed by atoms with Gasteiger partial charge in [-0.05, 0) is 49.8 Å². The smallest absolute Gasteiger partial charge is 0.251 e. The molecular weight excluding hydrogens is 308 g/mol. The van der Waals surface area contributed by atoms with Crippen molar-refractivity contribution in [2.45, 2.75) is 57.4 Å². The second kappa shape index (κ2) is 6.12. The molecule has 4 heteroatoms. The van der Waals surface area contributed by atoms with Crippen LogP contribution in [0.3, 0.4) is 0 Å².